The van der Waals surface area contributed by atoms with Gasteiger partial charge in [-0.1, -0.05) is 11.3 Å². The van der Waals surface area contributed by atoms with Crippen LogP contribution in [0.5, 0.6) is 5.19 Å². The molecule has 1 fully saturated rings. The normalized spacial score (nSPS) is 15.7. The molecule has 2 heterocycles. The monoisotopic (exact) mass is 424 g/mol. The zero-order chi connectivity index (χ0) is 20.6. The molecule has 1 aliphatic heterocycles. The van der Waals surface area contributed by atoms with Crippen molar-refractivity contribution >= 4 is 27.5 Å². The van der Waals surface area contributed by atoms with E-state index >= 15 is 0 Å². The van der Waals surface area contributed by atoms with Crippen molar-refractivity contribution in [1.29, 1.82) is 0 Å². The standard InChI is InChI=1S/C20H16F4N2O2S/c21-14-5-6-16-17(11-14)29-19(25-16)28-15-7-9-26(10-8-15)18(27)12-1-3-13(4-2-12)20(22,23)24/h1-6,11,15H,7-10H2. The lowest BCUT2D eigenvalue weighted by Crippen LogP contribution is -2.41. The van der Waals surface area contributed by atoms with Crippen LogP contribution in [-0.2, 0) is 6.18 Å². The minimum atomic E-state index is -4.43. The maximum Gasteiger partial charge on any atom is 0.416 e. The van der Waals surface area contributed by atoms with Crippen LogP contribution in [0.25, 0.3) is 10.2 Å². The minimum absolute atomic E-state index is 0.128. The van der Waals surface area contributed by atoms with E-state index < -0.39 is 11.7 Å². The van der Waals surface area contributed by atoms with E-state index in [2.05, 4.69) is 4.98 Å². The molecule has 0 atom stereocenters. The van der Waals surface area contributed by atoms with Gasteiger partial charge in [0.1, 0.15) is 11.9 Å². The van der Waals surface area contributed by atoms with Crippen LogP contribution in [-0.4, -0.2) is 35.0 Å². The number of piperidine rings is 1. The van der Waals surface area contributed by atoms with Crippen LogP contribution in [0.15, 0.2) is 42.5 Å². The minimum Gasteiger partial charge on any atom is -0.467 e. The molecular formula is C20H16F4N2O2S. The third-order valence-electron chi connectivity index (χ3n) is 4.79. The van der Waals surface area contributed by atoms with Gasteiger partial charge in [-0.05, 0) is 42.5 Å². The molecule has 4 nitrogen and oxygen atoms in total. The Morgan fingerprint density at radius 2 is 1.79 bits per heavy atom. The van der Waals surface area contributed by atoms with Gasteiger partial charge >= 0.3 is 6.18 Å². The Labute approximate surface area is 167 Å². The van der Waals surface area contributed by atoms with E-state index in [1.807, 2.05) is 0 Å². The van der Waals surface area contributed by atoms with E-state index in [9.17, 15) is 22.4 Å². The van der Waals surface area contributed by atoms with Crippen molar-refractivity contribution in [2.75, 3.05) is 13.1 Å². The molecular weight excluding hydrogens is 408 g/mol. The summed E-state index contributed by atoms with van der Waals surface area (Å²) >= 11 is 1.27. The van der Waals surface area contributed by atoms with Crippen LogP contribution in [0, 0.1) is 5.82 Å². The Morgan fingerprint density at radius 3 is 2.45 bits per heavy atom. The van der Waals surface area contributed by atoms with Crippen molar-refractivity contribution in [2.24, 2.45) is 0 Å². The molecule has 152 valence electrons. The van der Waals surface area contributed by atoms with Gasteiger partial charge < -0.3 is 9.64 Å². The Hall–Kier alpha value is -2.68. The largest absolute Gasteiger partial charge is 0.467 e. The van der Waals surface area contributed by atoms with Crippen LogP contribution in [0.4, 0.5) is 17.6 Å². The highest BCUT2D eigenvalue weighted by molar-refractivity contribution is 7.20. The van der Waals surface area contributed by atoms with E-state index in [4.69, 9.17) is 4.74 Å². The number of benzene rings is 2. The third-order valence-corrected chi connectivity index (χ3v) is 5.70. The van der Waals surface area contributed by atoms with Crippen LogP contribution >= 0.6 is 11.3 Å². The van der Waals surface area contributed by atoms with Crippen LogP contribution in [0.3, 0.4) is 0 Å². The van der Waals surface area contributed by atoms with E-state index in [0.29, 0.717) is 41.3 Å². The average molecular weight is 424 g/mol. The fourth-order valence-corrected chi connectivity index (χ4v) is 4.14. The summed E-state index contributed by atoms with van der Waals surface area (Å²) < 4.78 is 57.8. The molecule has 3 aromatic rings. The fraction of sp³-hybridized carbons (Fsp3) is 0.300. The number of ether oxygens (including phenoxy) is 1. The Kier molecular flexibility index (Phi) is 5.16. The Morgan fingerprint density at radius 1 is 1.10 bits per heavy atom. The van der Waals surface area contributed by atoms with Crippen LogP contribution < -0.4 is 4.74 Å². The molecule has 1 aliphatic rings. The summed E-state index contributed by atoms with van der Waals surface area (Å²) in [6, 6.07) is 8.59. The predicted octanol–water partition coefficient (Wildman–Crippen LogP) is 5.14. The molecule has 1 saturated heterocycles. The summed E-state index contributed by atoms with van der Waals surface area (Å²) in [6.07, 6.45) is -3.39. The molecule has 4 rings (SSSR count). The highest BCUT2D eigenvalue weighted by Crippen LogP contribution is 2.31. The number of hydrogen-bond donors (Lipinski definition) is 0. The first-order valence-corrected chi connectivity index (χ1v) is 9.80. The summed E-state index contributed by atoms with van der Waals surface area (Å²) in [5.41, 5.74) is 0.115. The lowest BCUT2D eigenvalue weighted by Gasteiger charge is -2.31. The number of fused-ring (bicyclic) bond motifs is 1. The number of nitrogens with zero attached hydrogens (tertiary/aromatic N) is 2. The molecule has 0 saturated carbocycles. The summed E-state index contributed by atoms with van der Waals surface area (Å²) in [5, 5.41) is 0.457. The van der Waals surface area contributed by atoms with Gasteiger partial charge in [0, 0.05) is 31.5 Å². The zero-order valence-corrected chi connectivity index (χ0v) is 15.9. The van der Waals surface area contributed by atoms with Gasteiger partial charge in [0.25, 0.3) is 11.1 Å². The summed E-state index contributed by atoms with van der Waals surface area (Å²) in [5.74, 6) is -0.629. The maximum atomic E-state index is 13.3. The van der Waals surface area contributed by atoms with E-state index in [-0.39, 0.29) is 23.4 Å². The Balaban J connectivity index is 1.35. The Bertz CT molecular complexity index is 1030. The number of aromatic nitrogens is 1. The molecule has 0 radical (unpaired) electrons. The van der Waals surface area contributed by atoms with Gasteiger partial charge in [0.2, 0.25) is 0 Å². The van der Waals surface area contributed by atoms with Gasteiger partial charge in [-0.3, -0.25) is 4.79 Å². The molecule has 0 aliphatic carbocycles. The van der Waals surface area contributed by atoms with Crippen molar-refractivity contribution in [2.45, 2.75) is 25.1 Å². The van der Waals surface area contributed by atoms with E-state index in [1.165, 1.54) is 35.6 Å². The highest BCUT2D eigenvalue weighted by atomic mass is 32.1. The van der Waals surface area contributed by atoms with Crippen molar-refractivity contribution in [3.63, 3.8) is 0 Å². The number of rotatable bonds is 3. The smallest absolute Gasteiger partial charge is 0.416 e. The number of thiazole rings is 1. The first-order chi connectivity index (χ1) is 13.8. The number of amides is 1. The molecule has 0 spiro atoms. The van der Waals surface area contributed by atoms with Gasteiger partial charge in [-0.2, -0.15) is 13.2 Å². The van der Waals surface area contributed by atoms with Crippen LogP contribution in [0.2, 0.25) is 0 Å². The van der Waals surface area contributed by atoms with Crippen LogP contribution in [0.1, 0.15) is 28.8 Å². The fourth-order valence-electron chi connectivity index (χ4n) is 3.23. The summed E-state index contributed by atoms with van der Waals surface area (Å²) in [7, 11) is 0. The highest BCUT2D eigenvalue weighted by Gasteiger charge is 2.31. The van der Waals surface area contributed by atoms with Gasteiger partial charge in [0.15, 0.2) is 0 Å². The molecule has 0 unspecified atom stereocenters. The molecule has 1 aromatic heterocycles. The van der Waals surface area contributed by atoms with E-state index in [1.54, 1.807) is 11.0 Å². The second-order valence-electron chi connectivity index (χ2n) is 6.78. The number of carbonyl (C=O) groups is 1. The first kappa shape index (κ1) is 19.6. The number of alkyl halides is 3. The molecule has 0 bridgehead atoms. The molecule has 9 heteroatoms. The topological polar surface area (TPSA) is 42.4 Å². The molecule has 29 heavy (non-hydrogen) atoms. The number of carbonyl (C=O) groups excluding carboxylic acids is 1. The quantitative estimate of drug-likeness (QED) is 0.547. The third kappa shape index (κ3) is 4.34. The van der Waals surface area contributed by atoms with Crippen molar-refractivity contribution in [1.82, 2.24) is 9.88 Å². The first-order valence-electron chi connectivity index (χ1n) is 8.99. The van der Waals surface area contributed by atoms with E-state index in [0.717, 1.165) is 12.1 Å². The van der Waals surface area contributed by atoms with Crippen molar-refractivity contribution in [3.8, 4) is 5.19 Å². The maximum absolute atomic E-state index is 13.3. The lowest BCUT2D eigenvalue weighted by atomic mass is 10.1. The van der Waals surface area contributed by atoms with Gasteiger partial charge in [-0.15, -0.1) is 0 Å². The molecule has 2 aromatic carbocycles. The van der Waals surface area contributed by atoms with Gasteiger partial charge in [-0.25, -0.2) is 9.37 Å². The number of hydrogen-bond acceptors (Lipinski definition) is 4. The molecule has 0 N–H and O–H groups in total. The second kappa shape index (κ2) is 7.62. The lowest BCUT2D eigenvalue weighted by molar-refractivity contribution is -0.137. The number of likely N-dealkylation sites (tertiary alicyclic amines) is 1. The average Bonchev–Trinajstić information content (AvgIpc) is 3.09. The van der Waals surface area contributed by atoms with Crippen molar-refractivity contribution in [3.05, 3.63) is 59.4 Å². The van der Waals surface area contributed by atoms with Crippen molar-refractivity contribution < 1.29 is 27.1 Å². The second-order valence-corrected chi connectivity index (χ2v) is 7.77. The predicted molar refractivity (Wildman–Crippen MR) is 101 cm³/mol. The summed E-state index contributed by atoms with van der Waals surface area (Å²) in [6.45, 7) is 0.869. The number of halogens is 4. The molecule has 1 amide bonds. The zero-order valence-electron chi connectivity index (χ0n) is 15.1. The SMILES string of the molecule is O=C(c1ccc(C(F)(F)F)cc1)N1CCC(Oc2nc3ccc(F)cc3s2)CC1. The van der Waals surface area contributed by atoms with Gasteiger partial charge in [0.05, 0.1) is 15.8 Å². The summed E-state index contributed by atoms with van der Waals surface area (Å²) in [4.78, 5) is 18.5.